The highest BCUT2D eigenvalue weighted by molar-refractivity contribution is 6.31. The molecular formula is C29H28ClF2N7O4. The van der Waals surface area contributed by atoms with Crippen LogP contribution in [0.15, 0.2) is 54.9 Å². The normalized spacial score (nSPS) is 14.0. The maximum atomic E-state index is 14.6. The fraction of sp³-hybridized carbons (Fsp3) is 0.276. The van der Waals surface area contributed by atoms with Crippen LogP contribution in [0.2, 0.25) is 5.02 Å². The molecule has 0 radical (unpaired) electrons. The molecule has 1 saturated heterocycles. The summed E-state index contributed by atoms with van der Waals surface area (Å²) in [6.07, 6.45) is 2.06. The van der Waals surface area contributed by atoms with Crippen molar-refractivity contribution in [3.8, 4) is 5.75 Å². The number of hydrogen-bond donors (Lipinski definition) is 2. The molecule has 3 aromatic carbocycles. The van der Waals surface area contributed by atoms with Gasteiger partial charge in [-0.1, -0.05) is 11.6 Å². The van der Waals surface area contributed by atoms with Crippen LogP contribution in [0.5, 0.6) is 5.75 Å². The Hall–Kier alpha value is -4.46. The summed E-state index contributed by atoms with van der Waals surface area (Å²) in [5, 5.41) is 17.3. The van der Waals surface area contributed by atoms with E-state index in [1.54, 1.807) is 12.1 Å². The zero-order valence-electron chi connectivity index (χ0n) is 23.1. The largest absolute Gasteiger partial charge is 0.491 e. The minimum absolute atomic E-state index is 0.0810. The molecule has 0 atom stereocenters. The number of aromatic nitrogens is 2. The van der Waals surface area contributed by atoms with Gasteiger partial charge in [0, 0.05) is 62.0 Å². The first-order valence-electron chi connectivity index (χ1n) is 13.5. The van der Waals surface area contributed by atoms with E-state index in [9.17, 15) is 23.7 Å². The molecule has 5 rings (SSSR count). The van der Waals surface area contributed by atoms with Gasteiger partial charge in [-0.15, -0.1) is 0 Å². The number of piperazine rings is 1. The SMILES string of the molecule is CN1CCN(CCCOc2cc3ncnc(Nc4ccc(F)c(Cl)c4)c3cc2NC(=O)c2cc([N+](=O)[O-])ccc2F)CC1. The van der Waals surface area contributed by atoms with E-state index in [0.29, 0.717) is 29.0 Å². The second-order valence-corrected chi connectivity index (χ2v) is 10.5. The second kappa shape index (κ2) is 13.2. The van der Waals surface area contributed by atoms with E-state index in [0.717, 1.165) is 57.3 Å². The van der Waals surface area contributed by atoms with Crippen LogP contribution >= 0.6 is 11.6 Å². The molecule has 43 heavy (non-hydrogen) atoms. The molecule has 0 spiro atoms. The number of nitrogens with zero attached hydrogens (tertiary/aromatic N) is 5. The fourth-order valence-corrected chi connectivity index (χ4v) is 4.82. The number of rotatable bonds is 10. The molecule has 0 unspecified atom stereocenters. The van der Waals surface area contributed by atoms with E-state index in [1.807, 2.05) is 0 Å². The first-order valence-corrected chi connectivity index (χ1v) is 13.9. The van der Waals surface area contributed by atoms with Crippen LogP contribution < -0.4 is 15.4 Å². The van der Waals surface area contributed by atoms with Crippen molar-refractivity contribution in [1.29, 1.82) is 0 Å². The summed E-state index contributed by atoms with van der Waals surface area (Å²) in [4.78, 5) is 36.9. The number of nitrogens with one attached hydrogen (secondary N) is 2. The second-order valence-electron chi connectivity index (χ2n) is 10.1. The molecule has 2 heterocycles. The van der Waals surface area contributed by atoms with Crippen LogP contribution in [0.3, 0.4) is 0 Å². The highest BCUT2D eigenvalue weighted by Gasteiger charge is 2.20. The number of carbonyl (C=O) groups is 1. The van der Waals surface area contributed by atoms with Crippen LogP contribution in [0, 0.1) is 21.7 Å². The number of anilines is 3. The number of fused-ring (bicyclic) bond motifs is 1. The van der Waals surface area contributed by atoms with Gasteiger partial charge in [-0.25, -0.2) is 18.7 Å². The number of benzene rings is 3. The highest BCUT2D eigenvalue weighted by Crippen LogP contribution is 2.34. The molecular weight excluding hydrogens is 584 g/mol. The Morgan fingerprint density at radius 2 is 1.84 bits per heavy atom. The van der Waals surface area contributed by atoms with Crippen LogP contribution in [0.4, 0.5) is 31.7 Å². The van der Waals surface area contributed by atoms with Gasteiger partial charge in [-0.05, 0) is 43.8 Å². The van der Waals surface area contributed by atoms with Gasteiger partial charge in [0.25, 0.3) is 11.6 Å². The third kappa shape index (κ3) is 7.31. The summed E-state index contributed by atoms with van der Waals surface area (Å²) in [5.41, 5.74) is 0.180. The predicted molar refractivity (Wildman–Crippen MR) is 159 cm³/mol. The van der Waals surface area contributed by atoms with Crippen molar-refractivity contribution in [3.05, 3.63) is 87.2 Å². The first-order chi connectivity index (χ1) is 20.7. The van der Waals surface area contributed by atoms with Gasteiger partial charge in [-0.3, -0.25) is 14.9 Å². The number of ether oxygens (including phenoxy) is 1. The first kappa shape index (κ1) is 30.0. The molecule has 0 saturated carbocycles. The molecule has 224 valence electrons. The van der Waals surface area contributed by atoms with Crippen molar-refractivity contribution in [2.45, 2.75) is 6.42 Å². The lowest BCUT2D eigenvalue weighted by Gasteiger charge is -2.32. The Kier molecular flexibility index (Phi) is 9.24. The quantitative estimate of drug-likeness (QED) is 0.136. The van der Waals surface area contributed by atoms with Crippen molar-refractivity contribution in [3.63, 3.8) is 0 Å². The molecule has 4 aromatic rings. The third-order valence-electron chi connectivity index (χ3n) is 7.04. The maximum Gasteiger partial charge on any atom is 0.270 e. The number of nitro benzene ring substituents is 1. The van der Waals surface area contributed by atoms with Gasteiger partial charge >= 0.3 is 0 Å². The lowest BCUT2D eigenvalue weighted by Crippen LogP contribution is -2.44. The molecule has 0 bridgehead atoms. The Morgan fingerprint density at radius 3 is 2.58 bits per heavy atom. The number of likely N-dealkylation sites (N-methyl/N-ethyl adjacent to an activating group) is 1. The molecule has 11 nitrogen and oxygen atoms in total. The number of hydrogen-bond acceptors (Lipinski definition) is 9. The summed E-state index contributed by atoms with van der Waals surface area (Å²) in [6, 6.07) is 10.00. The number of non-ortho nitro benzene ring substituents is 1. The lowest BCUT2D eigenvalue weighted by atomic mass is 10.1. The fourth-order valence-electron chi connectivity index (χ4n) is 4.64. The van der Waals surface area contributed by atoms with Crippen molar-refractivity contribution >= 4 is 51.3 Å². The van der Waals surface area contributed by atoms with E-state index in [4.69, 9.17) is 16.3 Å². The zero-order chi connectivity index (χ0) is 30.5. The van der Waals surface area contributed by atoms with Crippen molar-refractivity contribution in [1.82, 2.24) is 19.8 Å². The average molecular weight is 612 g/mol. The van der Waals surface area contributed by atoms with Crippen molar-refractivity contribution in [2.75, 3.05) is 57.0 Å². The number of amides is 1. The summed E-state index contributed by atoms with van der Waals surface area (Å²) in [5.74, 6) is -1.80. The minimum atomic E-state index is -0.919. The minimum Gasteiger partial charge on any atom is -0.491 e. The van der Waals surface area contributed by atoms with E-state index < -0.39 is 33.7 Å². The van der Waals surface area contributed by atoms with Gasteiger partial charge < -0.3 is 25.2 Å². The van der Waals surface area contributed by atoms with Crippen LogP contribution in [0.1, 0.15) is 16.8 Å². The maximum absolute atomic E-state index is 14.6. The van der Waals surface area contributed by atoms with Gasteiger partial charge in [0.05, 0.1) is 33.3 Å². The number of nitro groups is 1. The number of halogens is 3. The lowest BCUT2D eigenvalue weighted by molar-refractivity contribution is -0.384. The standard InChI is InChI=1S/C29H28ClF2N7O4/c1-37-8-10-38(11-9-37)7-2-12-43-27-16-25-21(28(34-17-33-25)35-18-3-5-24(32)22(30)13-18)15-26(27)36-29(40)20-14-19(39(41)42)4-6-23(20)31/h3-6,13-17H,2,7-12H2,1H3,(H,36,40)(H,33,34,35). The summed E-state index contributed by atoms with van der Waals surface area (Å²) in [6.45, 7) is 5.09. The predicted octanol–water partition coefficient (Wildman–Crippen LogP) is 5.48. The molecule has 1 aliphatic rings. The zero-order valence-corrected chi connectivity index (χ0v) is 23.9. The smallest absolute Gasteiger partial charge is 0.270 e. The van der Waals surface area contributed by atoms with Gasteiger partial charge in [-0.2, -0.15) is 0 Å². The van der Waals surface area contributed by atoms with E-state index in [-0.39, 0.29) is 16.5 Å². The van der Waals surface area contributed by atoms with Crippen molar-refractivity contribution < 1.29 is 23.2 Å². The monoisotopic (exact) mass is 611 g/mol. The van der Waals surface area contributed by atoms with E-state index in [2.05, 4.69) is 37.4 Å². The summed E-state index contributed by atoms with van der Waals surface area (Å²) in [7, 11) is 2.09. The highest BCUT2D eigenvalue weighted by atomic mass is 35.5. The summed E-state index contributed by atoms with van der Waals surface area (Å²) >= 11 is 5.93. The Balaban J connectivity index is 1.43. The van der Waals surface area contributed by atoms with Crippen LogP contribution in [-0.4, -0.2) is 77.0 Å². The van der Waals surface area contributed by atoms with E-state index >= 15 is 0 Å². The topological polar surface area (TPSA) is 126 Å². The van der Waals surface area contributed by atoms with Gasteiger partial charge in [0.2, 0.25) is 0 Å². The molecule has 14 heteroatoms. The molecule has 1 fully saturated rings. The molecule has 1 aromatic heterocycles. The Morgan fingerprint density at radius 1 is 1.07 bits per heavy atom. The Labute approximate surface area is 250 Å². The van der Waals surface area contributed by atoms with E-state index in [1.165, 1.54) is 24.5 Å². The third-order valence-corrected chi connectivity index (χ3v) is 7.33. The van der Waals surface area contributed by atoms with Crippen LogP contribution in [-0.2, 0) is 0 Å². The molecule has 1 amide bonds. The van der Waals surface area contributed by atoms with Gasteiger partial charge in [0.1, 0.15) is 29.5 Å². The number of carbonyl (C=O) groups excluding carboxylic acids is 1. The molecule has 0 aliphatic carbocycles. The van der Waals surface area contributed by atoms with Crippen LogP contribution in [0.25, 0.3) is 10.9 Å². The Bertz CT molecular complexity index is 1670. The average Bonchev–Trinajstić information content (AvgIpc) is 2.98. The van der Waals surface area contributed by atoms with Gasteiger partial charge in [0.15, 0.2) is 0 Å². The molecule has 2 N–H and O–H groups in total. The van der Waals surface area contributed by atoms with Crippen molar-refractivity contribution in [2.24, 2.45) is 0 Å². The summed E-state index contributed by atoms with van der Waals surface area (Å²) < 4.78 is 34.3. The molecule has 1 aliphatic heterocycles.